The minimum absolute atomic E-state index is 0. The molecule has 0 aliphatic carbocycles. The van der Waals surface area contributed by atoms with Crippen molar-refractivity contribution in [2.24, 2.45) is 0 Å². The standard InChI is InChI=1S/3C9H7NO.In/c3*11-8-5-1-3-7-4-2-6-10-9(7)8;/h3*1-6,11H;/q;;;+3/p+3. The average Bonchev–Trinajstić information content (AvgIpc) is 2.86. The number of hydrogen-bond donors (Lipinski definition) is 0. The molecule has 0 saturated heterocycles. The van der Waals surface area contributed by atoms with Gasteiger partial charge in [-0.2, -0.15) is 0 Å². The van der Waals surface area contributed by atoms with Crippen LogP contribution in [-0.2, 0) is 0 Å². The van der Waals surface area contributed by atoms with Crippen LogP contribution in [0.1, 0.15) is 0 Å². The van der Waals surface area contributed by atoms with Gasteiger partial charge in [0.2, 0.25) is 0 Å². The van der Waals surface area contributed by atoms with Crippen LogP contribution in [0.2, 0.25) is 0 Å². The summed E-state index contributed by atoms with van der Waals surface area (Å²) in [5.74, 6) is 1.47. The normalized spacial score (nSPS) is 9.88. The van der Waals surface area contributed by atoms with Gasteiger partial charge in [-0.1, -0.05) is 54.6 Å². The Balaban J connectivity index is 0.000000141. The third kappa shape index (κ3) is 5.94. The van der Waals surface area contributed by atoms with Gasteiger partial charge in [0, 0.05) is 52.9 Å². The maximum absolute atomic E-state index is 7.50. The van der Waals surface area contributed by atoms with Crippen molar-refractivity contribution in [3.8, 4) is 17.2 Å². The second kappa shape index (κ2) is 11.9. The first-order valence-corrected chi connectivity index (χ1v) is 10.3. The molecule has 0 atom stereocenters. The molecule has 34 heavy (non-hydrogen) atoms. The molecule has 3 aromatic heterocycles. The Morgan fingerprint density at radius 2 is 0.647 bits per heavy atom. The molecule has 0 saturated carbocycles. The molecule has 0 unspecified atom stereocenters. The SMILES string of the molecule is [In+3].[OH2+]c1cccc2cccnc12.[OH2+]c1cccc2cccnc12.[OH2+]c1cccc2cccnc12. The fourth-order valence-electron chi connectivity index (χ4n) is 3.31. The van der Waals surface area contributed by atoms with Gasteiger partial charge in [0.05, 0.1) is 0 Å². The molecule has 0 fully saturated rings. The Bertz CT molecular complexity index is 1330. The van der Waals surface area contributed by atoms with E-state index in [0.717, 1.165) is 32.7 Å². The molecule has 0 spiro atoms. The Hall–Kier alpha value is -3.84. The van der Waals surface area contributed by atoms with Crippen LogP contribution in [0.5, 0.6) is 17.2 Å². The molecule has 3 aromatic carbocycles. The molecule has 6 aromatic rings. The van der Waals surface area contributed by atoms with E-state index in [4.69, 9.17) is 15.3 Å². The molecule has 0 amide bonds. The van der Waals surface area contributed by atoms with Gasteiger partial charge < -0.3 is 15.3 Å². The molecule has 7 heteroatoms. The van der Waals surface area contributed by atoms with E-state index < -0.39 is 0 Å². The van der Waals surface area contributed by atoms with Gasteiger partial charge in [0.1, 0.15) is 0 Å². The molecule has 162 valence electrons. The van der Waals surface area contributed by atoms with Gasteiger partial charge in [-0.15, -0.1) is 0 Å². The van der Waals surface area contributed by atoms with Crippen molar-refractivity contribution >= 4 is 58.6 Å². The minimum Gasteiger partial charge on any atom is -0.592 e. The van der Waals surface area contributed by atoms with E-state index in [9.17, 15) is 0 Å². The van der Waals surface area contributed by atoms with Crippen molar-refractivity contribution in [1.29, 1.82) is 0 Å². The Morgan fingerprint density at radius 1 is 0.382 bits per heavy atom. The van der Waals surface area contributed by atoms with E-state index in [1.165, 1.54) is 0 Å². The summed E-state index contributed by atoms with van der Waals surface area (Å²) in [5.41, 5.74) is 2.32. The van der Waals surface area contributed by atoms with Gasteiger partial charge in [-0.05, 0) is 18.2 Å². The summed E-state index contributed by atoms with van der Waals surface area (Å²) < 4.78 is 0. The maximum atomic E-state index is 7.50. The van der Waals surface area contributed by atoms with E-state index >= 15 is 0 Å². The topological polar surface area (TPSA) is 107 Å². The van der Waals surface area contributed by atoms with Gasteiger partial charge >= 0.3 is 25.8 Å². The average molecular weight is 553 g/mol. The summed E-state index contributed by atoms with van der Waals surface area (Å²) in [6.07, 6.45) is 5.13. The maximum Gasteiger partial charge on any atom is 3.00 e. The number of rotatable bonds is 0. The number of aromatic nitrogens is 3. The van der Waals surface area contributed by atoms with Crippen LogP contribution in [-0.4, -0.2) is 56.1 Å². The second-order valence-electron chi connectivity index (χ2n) is 7.14. The third-order valence-electron chi connectivity index (χ3n) is 4.90. The van der Waals surface area contributed by atoms with E-state index in [0.29, 0.717) is 17.2 Å². The summed E-state index contributed by atoms with van der Waals surface area (Å²) in [5, 5.41) is 25.6. The van der Waals surface area contributed by atoms with Gasteiger partial charge in [0.25, 0.3) is 17.2 Å². The summed E-state index contributed by atoms with van der Waals surface area (Å²) in [6, 6.07) is 28.2. The zero-order valence-corrected chi connectivity index (χ0v) is 21.6. The Morgan fingerprint density at radius 3 is 0.912 bits per heavy atom. The van der Waals surface area contributed by atoms with Gasteiger partial charge in [-0.25, -0.2) is 15.0 Å². The Kier molecular flexibility index (Phi) is 8.65. The van der Waals surface area contributed by atoms with Crippen molar-refractivity contribution in [3.05, 3.63) is 110 Å². The second-order valence-corrected chi connectivity index (χ2v) is 7.14. The van der Waals surface area contributed by atoms with Crippen LogP contribution in [0, 0.1) is 0 Å². The molecule has 0 radical (unpaired) electrons. The van der Waals surface area contributed by atoms with Crippen molar-refractivity contribution in [3.63, 3.8) is 0 Å². The molecule has 0 bridgehead atoms. The number of para-hydroxylation sites is 3. The molecular weight excluding hydrogens is 529 g/mol. The van der Waals surface area contributed by atoms with E-state index in [2.05, 4.69) is 15.0 Å². The summed E-state index contributed by atoms with van der Waals surface area (Å²) in [7, 11) is 0. The fourth-order valence-corrected chi connectivity index (χ4v) is 3.31. The van der Waals surface area contributed by atoms with Crippen LogP contribution < -0.4 is 0 Å². The monoisotopic (exact) mass is 553 g/mol. The molecule has 0 aliphatic heterocycles. The van der Waals surface area contributed by atoms with Gasteiger partial charge in [0.15, 0.2) is 16.6 Å². The van der Waals surface area contributed by atoms with Crippen molar-refractivity contribution < 1.29 is 15.3 Å². The van der Waals surface area contributed by atoms with Crippen molar-refractivity contribution in [1.82, 2.24) is 15.0 Å². The van der Waals surface area contributed by atoms with E-state index in [1.807, 2.05) is 72.8 Å². The van der Waals surface area contributed by atoms with E-state index in [-0.39, 0.29) is 25.8 Å². The van der Waals surface area contributed by atoms with Crippen LogP contribution in [0.4, 0.5) is 0 Å². The fraction of sp³-hybridized carbons (Fsp3) is 0. The minimum atomic E-state index is 0. The van der Waals surface area contributed by atoms with Gasteiger partial charge in [-0.3, -0.25) is 0 Å². The quantitative estimate of drug-likeness (QED) is 0.256. The first-order valence-electron chi connectivity index (χ1n) is 10.3. The molecular formula is C27H24InN3O3+6. The number of benzene rings is 3. The summed E-state index contributed by atoms with van der Waals surface area (Å²) >= 11 is 0. The predicted molar refractivity (Wildman–Crippen MR) is 140 cm³/mol. The zero-order chi connectivity index (χ0) is 23.0. The van der Waals surface area contributed by atoms with Crippen LogP contribution >= 0.6 is 0 Å². The summed E-state index contributed by atoms with van der Waals surface area (Å²) in [4.78, 5) is 12.3. The zero-order valence-electron chi connectivity index (χ0n) is 18.3. The van der Waals surface area contributed by atoms with E-state index in [1.54, 1.807) is 36.8 Å². The van der Waals surface area contributed by atoms with Crippen LogP contribution in [0.15, 0.2) is 110 Å². The van der Waals surface area contributed by atoms with Crippen LogP contribution in [0.3, 0.4) is 0 Å². The van der Waals surface area contributed by atoms with Crippen LogP contribution in [0.25, 0.3) is 32.7 Å². The van der Waals surface area contributed by atoms with Crippen molar-refractivity contribution in [2.45, 2.75) is 0 Å². The molecule has 6 nitrogen and oxygen atoms in total. The first-order chi connectivity index (χ1) is 16.1. The molecule has 6 rings (SSSR count). The largest absolute Gasteiger partial charge is 3.00 e. The number of nitrogens with zero attached hydrogens (tertiary/aromatic N) is 3. The summed E-state index contributed by atoms with van der Waals surface area (Å²) in [6.45, 7) is 0. The number of fused-ring (bicyclic) bond motifs is 3. The number of pyridine rings is 3. The third-order valence-corrected chi connectivity index (χ3v) is 4.90. The molecule has 3 heterocycles. The molecule has 0 aliphatic rings. The first kappa shape index (κ1) is 24.8. The smallest absolute Gasteiger partial charge is 0.592 e. The number of hydrogen-bond acceptors (Lipinski definition) is 3. The Labute approximate surface area is 215 Å². The predicted octanol–water partition coefficient (Wildman–Crippen LogP) is 4.64. The van der Waals surface area contributed by atoms with Crippen molar-refractivity contribution in [2.75, 3.05) is 0 Å². The molecule has 6 N–H and O–H groups in total.